The Hall–Kier alpha value is -2.76. The van der Waals surface area contributed by atoms with E-state index in [9.17, 15) is 4.79 Å². The maximum absolute atomic E-state index is 11.9. The summed E-state index contributed by atoms with van der Waals surface area (Å²) in [4.78, 5) is 19.7. The number of ether oxygens (including phenoxy) is 1. The number of nitrogens with one attached hydrogen (secondary N) is 2. The number of hydrogen-bond acceptors (Lipinski definition) is 5. The van der Waals surface area contributed by atoms with Crippen molar-refractivity contribution in [2.75, 3.05) is 7.11 Å². The van der Waals surface area contributed by atoms with Crippen LogP contribution >= 0.6 is 0 Å². The quantitative estimate of drug-likeness (QED) is 0.850. The molecule has 0 bridgehead atoms. The van der Waals surface area contributed by atoms with Crippen LogP contribution in [0.3, 0.4) is 0 Å². The number of carbonyl (C=O) groups is 1. The number of carbonyl (C=O) groups excluding carboxylic acids is 1. The molecule has 1 heterocycles. The fourth-order valence-electron chi connectivity index (χ4n) is 1.49. The van der Waals surface area contributed by atoms with E-state index in [0.717, 1.165) is 0 Å². The van der Waals surface area contributed by atoms with Gasteiger partial charge in [0.1, 0.15) is 11.5 Å². The molecule has 0 radical (unpaired) electrons. The molecule has 2 rings (SSSR count). The first-order chi connectivity index (χ1) is 9.11. The monoisotopic (exact) mass is 256 g/mol. The summed E-state index contributed by atoms with van der Waals surface area (Å²) in [5, 5.41) is 10.3. The molecule has 1 aromatic heterocycles. The molecule has 19 heavy (non-hydrogen) atoms. The summed E-state index contributed by atoms with van der Waals surface area (Å²) in [6.45, 7) is 3.71. The van der Waals surface area contributed by atoms with Crippen molar-refractivity contribution in [3.63, 3.8) is 0 Å². The van der Waals surface area contributed by atoms with E-state index >= 15 is 0 Å². The summed E-state index contributed by atoms with van der Waals surface area (Å²) in [7, 11) is 1.47. The number of allylic oxidation sites excluding steroid dienone is 3. The molecule has 0 atom stereocenters. The second-order valence-corrected chi connectivity index (χ2v) is 3.75. The zero-order valence-corrected chi connectivity index (χ0v) is 10.3. The van der Waals surface area contributed by atoms with Crippen LogP contribution < -0.4 is 5.32 Å². The Balaban J connectivity index is 2.21. The summed E-state index contributed by atoms with van der Waals surface area (Å²) >= 11 is 0. The van der Waals surface area contributed by atoms with Crippen LogP contribution in [0.4, 0.5) is 0 Å². The number of rotatable bonds is 3. The molecule has 1 aliphatic rings. The van der Waals surface area contributed by atoms with Gasteiger partial charge in [0.05, 0.1) is 24.7 Å². The fraction of sp³-hybridized carbons (Fsp3) is 0.0769. The van der Waals surface area contributed by atoms with Crippen molar-refractivity contribution in [1.82, 2.24) is 15.3 Å². The molecule has 1 aromatic rings. The molecule has 0 aliphatic heterocycles. The Kier molecular flexibility index (Phi) is 3.51. The van der Waals surface area contributed by atoms with Crippen molar-refractivity contribution in [2.45, 2.75) is 0 Å². The summed E-state index contributed by atoms with van der Waals surface area (Å²) < 4.78 is 5.12. The molecule has 6 nitrogen and oxygen atoms in total. The van der Waals surface area contributed by atoms with Gasteiger partial charge < -0.3 is 15.5 Å². The molecule has 2 N–H and O–H groups in total. The molecule has 6 heteroatoms. The fourth-order valence-corrected chi connectivity index (χ4v) is 1.49. The van der Waals surface area contributed by atoms with Gasteiger partial charge in [0.15, 0.2) is 0 Å². The average Bonchev–Trinajstić information content (AvgIpc) is 2.43. The minimum Gasteiger partial charge on any atom is -0.494 e. The van der Waals surface area contributed by atoms with Gasteiger partial charge in [-0.15, -0.1) is 0 Å². The van der Waals surface area contributed by atoms with Gasteiger partial charge in [-0.3, -0.25) is 9.78 Å². The third-order valence-corrected chi connectivity index (χ3v) is 2.47. The Morgan fingerprint density at radius 3 is 2.84 bits per heavy atom. The van der Waals surface area contributed by atoms with Gasteiger partial charge in [0.2, 0.25) is 0 Å². The van der Waals surface area contributed by atoms with Gasteiger partial charge >= 0.3 is 0 Å². The largest absolute Gasteiger partial charge is 0.494 e. The zero-order valence-electron chi connectivity index (χ0n) is 10.3. The number of methoxy groups -OCH3 is 1. The van der Waals surface area contributed by atoms with Gasteiger partial charge in [0, 0.05) is 18.5 Å². The first-order valence-corrected chi connectivity index (χ1v) is 5.44. The van der Waals surface area contributed by atoms with Crippen LogP contribution in [0.1, 0.15) is 10.5 Å². The first kappa shape index (κ1) is 12.7. The molecule has 0 spiro atoms. The highest BCUT2D eigenvalue weighted by Crippen LogP contribution is 2.18. The first-order valence-electron chi connectivity index (χ1n) is 5.44. The van der Waals surface area contributed by atoms with Crippen molar-refractivity contribution >= 4 is 11.6 Å². The molecule has 96 valence electrons. The average molecular weight is 256 g/mol. The zero-order chi connectivity index (χ0) is 13.8. The Morgan fingerprint density at radius 2 is 2.21 bits per heavy atom. The Morgan fingerprint density at radius 1 is 1.42 bits per heavy atom. The predicted octanol–water partition coefficient (Wildman–Crippen LogP) is 1.21. The maximum atomic E-state index is 11.9. The highest BCUT2D eigenvalue weighted by Gasteiger charge is 2.18. The van der Waals surface area contributed by atoms with E-state index in [-0.39, 0.29) is 11.4 Å². The standard InChI is InChI=1S/C13H12N4O2/c1-8-5-10(12(19-2)6-9(8)14)17-13(18)11-7-15-3-4-16-11/h3-7,14H,1H2,2H3,(H,17,18). The Labute approximate surface area is 110 Å². The lowest BCUT2D eigenvalue weighted by atomic mass is 10.0. The molecule has 0 saturated heterocycles. The lowest BCUT2D eigenvalue weighted by molar-refractivity contribution is 0.0957. The van der Waals surface area contributed by atoms with E-state index in [1.54, 1.807) is 6.08 Å². The van der Waals surface area contributed by atoms with Crippen LogP contribution in [0.25, 0.3) is 0 Å². The van der Waals surface area contributed by atoms with Gasteiger partial charge in [-0.25, -0.2) is 4.98 Å². The highest BCUT2D eigenvalue weighted by molar-refractivity contribution is 6.10. The van der Waals surface area contributed by atoms with Gasteiger partial charge in [0.25, 0.3) is 5.91 Å². The van der Waals surface area contributed by atoms with Crippen LogP contribution in [-0.2, 0) is 4.74 Å². The third-order valence-electron chi connectivity index (χ3n) is 2.47. The van der Waals surface area contributed by atoms with Crippen LogP contribution in [0.15, 0.2) is 54.4 Å². The second-order valence-electron chi connectivity index (χ2n) is 3.75. The molecule has 1 amide bonds. The maximum Gasteiger partial charge on any atom is 0.275 e. The van der Waals surface area contributed by atoms with Crippen molar-refractivity contribution < 1.29 is 9.53 Å². The molecule has 0 aromatic carbocycles. The van der Waals surface area contributed by atoms with Crippen LogP contribution in [-0.4, -0.2) is 28.7 Å². The summed E-state index contributed by atoms with van der Waals surface area (Å²) in [6.07, 6.45) is 7.36. The molecule has 1 aliphatic carbocycles. The minimum atomic E-state index is -0.400. The van der Waals surface area contributed by atoms with Crippen molar-refractivity contribution in [1.29, 1.82) is 5.41 Å². The van der Waals surface area contributed by atoms with E-state index in [1.165, 1.54) is 31.8 Å². The lowest BCUT2D eigenvalue weighted by Crippen LogP contribution is -2.27. The van der Waals surface area contributed by atoms with Gasteiger partial charge in [-0.2, -0.15) is 0 Å². The van der Waals surface area contributed by atoms with E-state index < -0.39 is 5.91 Å². The van der Waals surface area contributed by atoms with E-state index in [0.29, 0.717) is 17.0 Å². The minimum absolute atomic E-state index is 0.199. The third kappa shape index (κ3) is 2.74. The predicted molar refractivity (Wildman–Crippen MR) is 69.5 cm³/mol. The van der Waals surface area contributed by atoms with Crippen LogP contribution in [0.2, 0.25) is 0 Å². The normalized spacial score (nSPS) is 14.6. The summed E-state index contributed by atoms with van der Waals surface area (Å²) in [5.41, 5.74) is 1.38. The molecular formula is C13H12N4O2. The van der Waals surface area contributed by atoms with Crippen LogP contribution in [0, 0.1) is 5.41 Å². The van der Waals surface area contributed by atoms with E-state index in [2.05, 4.69) is 21.9 Å². The van der Waals surface area contributed by atoms with Crippen molar-refractivity contribution in [3.05, 3.63) is 60.0 Å². The van der Waals surface area contributed by atoms with Gasteiger partial charge in [-0.05, 0) is 11.6 Å². The van der Waals surface area contributed by atoms with E-state index in [4.69, 9.17) is 10.1 Å². The molecule has 0 unspecified atom stereocenters. The second kappa shape index (κ2) is 5.26. The molecular weight excluding hydrogens is 244 g/mol. The Bertz CT molecular complexity index is 602. The highest BCUT2D eigenvalue weighted by atomic mass is 16.5. The van der Waals surface area contributed by atoms with E-state index in [1.807, 2.05) is 0 Å². The smallest absolute Gasteiger partial charge is 0.275 e. The topological polar surface area (TPSA) is 88.0 Å². The number of hydrogen-bond donors (Lipinski definition) is 2. The van der Waals surface area contributed by atoms with Crippen molar-refractivity contribution in [3.8, 4) is 0 Å². The number of nitrogens with zero attached hydrogens (tertiary/aromatic N) is 2. The van der Waals surface area contributed by atoms with Gasteiger partial charge in [-0.1, -0.05) is 6.58 Å². The van der Waals surface area contributed by atoms with Crippen LogP contribution in [0.5, 0.6) is 0 Å². The number of aromatic nitrogens is 2. The summed E-state index contributed by atoms with van der Waals surface area (Å²) in [6, 6.07) is 0. The lowest BCUT2D eigenvalue weighted by Gasteiger charge is -2.17. The number of amides is 1. The molecule has 0 saturated carbocycles. The van der Waals surface area contributed by atoms with Crippen molar-refractivity contribution in [2.24, 2.45) is 0 Å². The molecule has 0 fully saturated rings. The SMILES string of the molecule is C=C1C=C(NC(=O)c2cnccn2)C(OC)=CC1=N. The summed E-state index contributed by atoms with van der Waals surface area (Å²) in [5.74, 6) is -0.00169.